The number of benzene rings is 1. The molecule has 0 aliphatic rings. The molecule has 136 valence electrons. The standard InChI is InChI=1S/C21H33FO2/c1-3-5-6-7-8-9-10-11-16-20(13-4-2)24-21(23)18-14-12-15-19(22)17-18/h12,14-15,17,20H,3-11,13,16H2,1-2H3. The molecule has 1 rings (SSSR count). The van der Waals surface area contributed by atoms with Crippen LogP contribution in [0, 0.1) is 5.82 Å². The van der Waals surface area contributed by atoms with Gasteiger partial charge >= 0.3 is 5.97 Å². The van der Waals surface area contributed by atoms with E-state index in [4.69, 9.17) is 4.74 Å². The first kappa shape index (κ1) is 20.7. The highest BCUT2D eigenvalue weighted by molar-refractivity contribution is 5.89. The van der Waals surface area contributed by atoms with Crippen molar-refractivity contribution >= 4 is 5.97 Å². The lowest BCUT2D eigenvalue weighted by atomic mass is 10.0. The third kappa shape index (κ3) is 9.05. The maximum Gasteiger partial charge on any atom is 0.338 e. The average molecular weight is 336 g/mol. The summed E-state index contributed by atoms with van der Waals surface area (Å²) in [6.07, 6.45) is 12.9. The Labute approximate surface area is 146 Å². The minimum absolute atomic E-state index is 0.0501. The molecule has 1 aromatic carbocycles. The zero-order chi connectivity index (χ0) is 17.6. The molecule has 2 nitrogen and oxygen atoms in total. The van der Waals surface area contributed by atoms with Crippen LogP contribution in [0.2, 0.25) is 0 Å². The van der Waals surface area contributed by atoms with Crippen molar-refractivity contribution in [3.8, 4) is 0 Å². The van der Waals surface area contributed by atoms with Crippen molar-refractivity contribution in [2.45, 2.75) is 90.6 Å². The van der Waals surface area contributed by atoms with Crippen LogP contribution in [0.5, 0.6) is 0 Å². The van der Waals surface area contributed by atoms with Gasteiger partial charge in [0.2, 0.25) is 0 Å². The van der Waals surface area contributed by atoms with Gasteiger partial charge in [-0.15, -0.1) is 0 Å². The van der Waals surface area contributed by atoms with Crippen molar-refractivity contribution in [3.63, 3.8) is 0 Å². The van der Waals surface area contributed by atoms with E-state index < -0.39 is 11.8 Å². The molecular formula is C21H33FO2. The zero-order valence-electron chi connectivity index (χ0n) is 15.4. The van der Waals surface area contributed by atoms with Crippen LogP contribution >= 0.6 is 0 Å². The minimum Gasteiger partial charge on any atom is -0.459 e. The predicted octanol–water partition coefficient (Wildman–Crippen LogP) is 6.68. The predicted molar refractivity (Wildman–Crippen MR) is 97.7 cm³/mol. The van der Waals surface area contributed by atoms with Crippen molar-refractivity contribution in [2.24, 2.45) is 0 Å². The molecule has 24 heavy (non-hydrogen) atoms. The fraction of sp³-hybridized carbons (Fsp3) is 0.667. The molecule has 0 saturated carbocycles. The highest BCUT2D eigenvalue weighted by Crippen LogP contribution is 2.16. The first-order valence-corrected chi connectivity index (χ1v) is 9.64. The van der Waals surface area contributed by atoms with Crippen molar-refractivity contribution < 1.29 is 13.9 Å². The number of esters is 1. The van der Waals surface area contributed by atoms with Crippen LogP contribution < -0.4 is 0 Å². The lowest BCUT2D eigenvalue weighted by Gasteiger charge is -2.17. The van der Waals surface area contributed by atoms with Gasteiger partial charge in [-0.3, -0.25) is 0 Å². The highest BCUT2D eigenvalue weighted by Gasteiger charge is 2.15. The van der Waals surface area contributed by atoms with E-state index in [0.717, 1.165) is 25.7 Å². The zero-order valence-corrected chi connectivity index (χ0v) is 15.4. The summed E-state index contributed by atoms with van der Waals surface area (Å²) in [6, 6.07) is 5.71. The molecule has 0 heterocycles. The maximum absolute atomic E-state index is 13.2. The molecule has 0 spiro atoms. The summed E-state index contributed by atoms with van der Waals surface area (Å²) >= 11 is 0. The van der Waals surface area contributed by atoms with Crippen LogP contribution in [0.4, 0.5) is 4.39 Å². The monoisotopic (exact) mass is 336 g/mol. The molecule has 0 aliphatic heterocycles. The Bertz CT molecular complexity index is 459. The molecule has 0 bridgehead atoms. The van der Waals surface area contributed by atoms with Gasteiger partial charge in [-0.05, 0) is 37.5 Å². The van der Waals surface area contributed by atoms with Gasteiger partial charge in [-0.2, -0.15) is 0 Å². The maximum atomic E-state index is 13.2. The van der Waals surface area contributed by atoms with E-state index in [-0.39, 0.29) is 6.10 Å². The Kier molecular flexibility index (Phi) is 11.2. The first-order valence-electron chi connectivity index (χ1n) is 9.64. The Morgan fingerprint density at radius 3 is 2.25 bits per heavy atom. The van der Waals surface area contributed by atoms with Crippen molar-refractivity contribution in [1.82, 2.24) is 0 Å². The van der Waals surface area contributed by atoms with E-state index in [2.05, 4.69) is 13.8 Å². The third-order valence-corrected chi connectivity index (χ3v) is 4.32. The number of hydrogen-bond acceptors (Lipinski definition) is 2. The molecule has 1 unspecified atom stereocenters. The first-order chi connectivity index (χ1) is 11.7. The average Bonchev–Trinajstić information content (AvgIpc) is 2.57. The van der Waals surface area contributed by atoms with Crippen LogP contribution in [0.15, 0.2) is 24.3 Å². The summed E-state index contributed by atoms with van der Waals surface area (Å²) < 4.78 is 18.8. The number of halogens is 1. The molecule has 3 heteroatoms. The largest absolute Gasteiger partial charge is 0.459 e. The third-order valence-electron chi connectivity index (χ3n) is 4.32. The normalized spacial score (nSPS) is 12.1. The van der Waals surface area contributed by atoms with Crippen LogP contribution in [0.25, 0.3) is 0 Å². The van der Waals surface area contributed by atoms with Crippen LogP contribution in [-0.4, -0.2) is 12.1 Å². The SMILES string of the molecule is CCCCCCCCCCC(CCC)OC(=O)c1cccc(F)c1. The van der Waals surface area contributed by atoms with Gasteiger partial charge in [0.1, 0.15) is 11.9 Å². The van der Waals surface area contributed by atoms with Crippen molar-refractivity contribution in [3.05, 3.63) is 35.6 Å². The fourth-order valence-corrected chi connectivity index (χ4v) is 2.92. The Hall–Kier alpha value is -1.38. The Morgan fingerprint density at radius 2 is 1.62 bits per heavy atom. The van der Waals surface area contributed by atoms with Gasteiger partial charge in [0.05, 0.1) is 5.56 Å². The number of unbranched alkanes of at least 4 members (excludes halogenated alkanes) is 7. The van der Waals surface area contributed by atoms with Gasteiger partial charge in [0, 0.05) is 0 Å². The van der Waals surface area contributed by atoms with E-state index in [1.54, 1.807) is 12.1 Å². The second kappa shape index (κ2) is 13.0. The summed E-state index contributed by atoms with van der Waals surface area (Å²) in [5, 5.41) is 0. The molecule has 0 N–H and O–H groups in total. The van der Waals surface area contributed by atoms with Crippen LogP contribution in [-0.2, 0) is 4.74 Å². The van der Waals surface area contributed by atoms with Gasteiger partial charge in [-0.25, -0.2) is 9.18 Å². The van der Waals surface area contributed by atoms with Crippen molar-refractivity contribution in [2.75, 3.05) is 0 Å². The molecule has 0 aromatic heterocycles. The molecule has 0 fully saturated rings. The summed E-state index contributed by atoms with van der Waals surface area (Å²) in [7, 11) is 0. The topological polar surface area (TPSA) is 26.3 Å². The second-order valence-electron chi connectivity index (χ2n) is 6.59. The number of carbonyl (C=O) groups excluding carboxylic acids is 1. The quantitative estimate of drug-likeness (QED) is 0.296. The molecule has 0 saturated heterocycles. The fourth-order valence-electron chi connectivity index (χ4n) is 2.92. The number of ether oxygens (including phenoxy) is 1. The molecule has 0 radical (unpaired) electrons. The Balaban J connectivity index is 2.27. The van der Waals surface area contributed by atoms with Gasteiger partial charge in [-0.1, -0.05) is 71.3 Å². The molecular weight excluding hydrogens is 303 g/mol. The molecule has 0 aliphatic carbocycles. The minimum atomic E-state index is -0.410. The molecule has 1 aromatic rings. The number of rotatable bonds is 13. The van der Waals surface area contributed by atoms with E-state index in [0.29, 0.717) is 5.56 Å². The molecule has 0 amide bonds. The van der Waals surface area contributed by atoms with Crippen LogP contribution in [0.1, 0.15) is 94.8 Å². The van der Waals surface area contributed by atoms with E-state index in [9.17, 15) is 9.18 Å². The summed E-state index contributed by atoms with van der Waals surface area (Å²) in [6.45, 7) is 4.33. The smallest absolute Gasteiger partial charge is 0.338 e. The van der Waals surface area contributed by atoms with E-state index >= 15 is 0 Å². The lowest BCUT2D eigenvalue weighted by Crippen LogP contribution is -2.18. The number of hydrogen-bond donors (Lipinski definition) is 0. The van der Waals surface area contributed by atoms with Crippen molar-refractivity contribution in [1.29, 1.82) is 0 Å². The highest BCUT2D eigenvalue weighted by atomic mass is 19.1. The number of carbonyl (C=O) groups is 1. The second-order valence-corrected chi connectivity index (χ2v) is 6.59. The van der Waals surface area contributed by atoms with Gasteiger partial charge in [0.25, 0.3) is 0 Å². The summed E-state index contributed by atoms with van der Waals surface area (Å²) in [4.78, 5) is 12.1. The van der Waals surface area contributed by atoms with E-state index in [1.165, 1.54) is 57.1 Å². The summed E-state index contributed by atoms with van der Waals surface area (Å²) in [5.74, 6) is -0.813. The lowest BCUT2D eigenvalue weighted by molar-refractivity contribution is 0.0253. The summed E-state index contributed by atoms with van der Waals surface area (Å²) in [5.41, 5.74) is 0.298. The Morgan fingerprint density at radius 1 is 0.958 bits per heavy atom. The van der Waals surface area contributed by atoms with Gasteiger partial charge < -0.3 is 4.74 Å². The molecule has 1 atom stereocenters. The van der Waals surface area contributed by atoms with Crippen LogP contribution in [0.3, 0.4) is 0 Å². The van der Waals surface area contributed by atoms with Gasteiger partial charge in [0.15, 0.2) is 0 Å². The van der Waals surface area contributed by atoms with E-state index in [1.807, 2.05) is 0 Å².